The number of thiophene rings is 1. The smallest absolute Gasteiger partial charge is 0.186 e. The first kappa shape index (κ1) is 27.7. The van der Waals surface area contributed by atoms with E-state index in [0.717, 1.165) is 65.4 Å². The van der Waals surface area contributed by atoms with E-state index in [9.17, 15) is 18.4 Å². The number of carbonyl (C=O) groups is 1. The predicted molar refractivity (Wildman–Crippen MR) is 152 cm³/mol. The summed E-state index contributed by atoms with van der Waals surface area (Å²) in [5.41, 5.74) is 2.86. The molecule has 4 heterocycles. The molecule has 2 aliphatic heterocycles. The summed E-state index contributed by atoms with van der Waals surface area (Å²) in [7, 11) is -3.71. The number of Topliss-reactive ketones (excluding diaryl/α,β-unsaturated/α-hetero) is 1. The molecule has 0 bridgehead atoms. The lowest BCUT2D eigenvalue weighted by Crippen LogP contribution is -2.50. The zero-order chi connectivity index (χ0) is 26.8. The van der Waals surface area contributed by atoms with Crippen molar-refractivity contribution in [2.45, 2.75) is 61.5 Å². The number of aromatic nitrogens is 1. The standard InChI is InChI=1S/C27H35N3O5S3/c1-2-3-4-20-5-8-23(36-20)25(31)19-9-13-30(14-10-19)26-29-22-7-6-21(17-24(22)37-26)38(33,34)27(18-28-32)11-15-35-16-12-27/h5-8,17,19,28,32H,2-4,9-16,18H2,1H3. The number of unbranched alkanes of at least 4 members (excludes halogenated alkanes) is 1. The van der Waals surface area contributed by atoms with Gasteiger partial charge in [-0.15, -0.1) is 11.3 Å². The van der Waals surface area contributed by atoms with Crippen LogP contribution in [0, 0.1) is 5.92 Å². The highest BCUT2D eigenvalue weighted by Crippen LogP contribution is 2.38. The maximum Gasteiger partial charge on any atom is 0.186 e. The van der Waals surface area contributed by atoms with E-state index in [1.165, 1.54) is 16.2 Å². The molecule has 0 unspecified atom stereocenters. The van der Waals surface area contributed by atoms with Crippen molar-refractivity contribution in [3.05, 3.63) is 40.1 Å². The molecule has 206 valence electrons. The van der Waals surface area contributed by atoms with Gasteiger partial charge in [-0.05, 0) is 68.9 Å². The number of sulfone groups is 1. The first-order valence-electron chi connectivity index (χ1n) is 13.3. The van der Waals surface area contributed by atoms with Gasteiger partial charge in [-0.25, -0.2) is 18.9 Å². The number of rotatable bonds is 10. The van der Waals surface area contributed by atoms with Crippen LogP contribution in [0.15, 0.2) is 35.2 Å². The van der Waals surface area contributed by atoms with E-state index >= 15 is 0 Å². The number of nitrogens with zero attached hydrogens (tertiary/aromatic N) is 2. The largest absolute Gasteiger partial charge is 0.381 e. The van der Waals surface area contributed by atoms with Crippen molar-refractivity contribution >= 4 is 53.6 Å². The molecule has 2 saturated heterocycles. The van der Waals surface area contributed by atoms with E-state index in [4.69, 9.17) is 9.72 Å². The van der Waals surface area contributed by atoms with E-state index < -0.39 is 14.6 Å². The molecule has 8 nitrogen and oxygen atoms in total. The Hall–Kier alpha value is -1.89. The number of thiazole rings is 1. The van der Waals surface area contributed by atoms with Gasteiger partial charge >= 0.3 is 0 Å². The van der Waals surface area contributed by atoms with Gasteiger partial charge in [-0.2, -0.15) is 0 Å². The number of ether oxygens (including phenoxy) is 1. The van der Waals surface area contributed by atoms with Crippen LogP contribution in [0.5, 0.6) is 0 Å². The van der Waals surface area contributed by atoms with E-state index in [1.54, 1.807) is 29.5 Å². The number of nitrogens with one attached hydrogen (secondary N) is 1. The van der Waals surface area contributed by atoms with Crippen molar-refractivity contribution in [3.63, 3.8) is 0 Å². The van der Waals surface area contributed by atoms with E-state index in [2.05, 4.69) is 23.4 Å². The number of benzene rings is 1. The Labute approximate surface area is 231 Å². The number of carbonyl (C=O) groups excluding carboxylic acids is 1. The van der Waals surface area contributed by atoms with Gasteiger partial charge in [0, 0.05) is 43.6 Å². The molecule has 11 heteroatoms. The lowest BCUT2D eigenvalue weighted by molar-refractivity contribution is 0.0588. The molecular weight excluding hydrogens is 543 g/mol. The van der Waals surface area contributed by atoms with Crippen molar-refractivity contribution in [2.75, 3.05) is 37.7 Å². The number of anilines is 1. The number of aryl methyl sites for hydroxylation is 1. The Morgan fingerprint density at radius 2 is 1.95 bits per heavy atom. The molecule has 2 fully saturated rings. The second-order valence-electron chi connectivity index (χ2n) is 10.3. The minimum atomic E-state index is -3.71. The second-order valence-corrected chi connectivity index (χ2v) is 14.8. The fraction of sp³-hybridized carbons (Fsp3) is 0.556. The minimum Gasteiger partial charge on any atom is -0.381 e. The minimum absolute atomic E-state index is 0.0332. The van der Waals surface area contributed by atoms with Gasteiger partial charge in [-0.3, -0.25) is 4.79 Å². The normalized spacial score (nSPS) is 18.7. The Bertz CT molecular complexity index is 1360. The second kappa shape index (κ2) is 11.7. The summed E-state index contributed by atoms with van der Waals surface area (Å²) in [5, 5.41) is 10.2. The van der Waals surface area contributed by atoms with Crippen LogP contribution in [0.4, 0.5) is 5.13 Å². The molecule has 2 aliphatic rings. The molecule has 0 amide bonds. The molecule has 0 saturated carbocycles. The van der Waals surface area contributed by atoms with Crippen LogP contribution in [-0.2, 0) is 21.0 Å². The van der Waals surface area contributed by atoms with Gasteiger partial charge in [0.15, 0.2) is 20.8 Å². The summed E-state index contributed by atoms with van der Waals surface area (Å²) in [5.74, 6) is 0.293. The van der Waals surface area contributed by atoms with Crippen molar-refractivity contribution in [1.29, 1.82) is 0 Å². The molecule has 0 atom stereocenters. The first-order chi connectivity index (χ1) is 18.4. The summed E-state index contributed by atoms with van der Waals surface area (Å²) in [6.45, 7) is 4.34. The van der Waals surface area contributed by atoms with Gasteiger partial charge in [0.2, 0.25) is 0 Å². The molecule has 0 aliphatic carbocycles. The van der Waals surface area contributed by atoms with E-state index in [1.807, 2.05) is 6.07 Å². The number of piperidine rings is 1. The average molecular weight is 578 g/mol. The molecule has 1 aromatic carbocycles. The van der Waals surface area contributed by atoms with Crippen LogP contribution < -0.4 is 10.4 Å². The SMILES string of the molecule is CCCCc1ccc(C(=O)C2CCN(c3nc4ccc(S(=O)(=O)C5(CNO)CCOCC5)cc4s3)CC2)s1. The summed E-state index contributed by atoms with van der Waals surface area (Å²) in [6, 6.07) is 9.19. The fourth-order valence-electron chi connectivity index (χ4n) is 5.40. The highest BCUT2D eigenvalue weighted by Gasteiger charge is 2.46. The number of hydrogen-bond acceptors (Lipinski definition) is 10. The highest BCUT2D eigenvalue weighted by molar-refractivity contribution is 7.93. The maximum absolute atomic E-state index is 13.7. The Morgan fingerprint density at radius 1 is 1.18 bits per heavy atom. The predicted octanol–water partition coefficient (Wildman–Crippen LogP) is 5.10. The Balaban J connectivity index is 1.28. The van der Waals surface area contributed by atoms with Crippen molar-refractivity contribution < 1.29 is 23.2 Å². The van der Waals surface area contributed by atoms with Gasteiger partial charge in [-0.1, -0.05) is 24.7 Å². The van der Waals surface area contributed by atoms with Crippen LogP contribution in [0.1, 0.15) is 60.0 Å². The maximum atomic E-state index is 13.7. The van der Waals surface area contributed by atoms with Crippen LogP contribution in [-0.4, -0.2) is 62.0 Å². The average Bonchev–Trinajstić information content (AvgIpc) is 3.59. The van der Waals surface area contributed by atoms with Gasteiger partial charge in [0.05, 0.1) is 24.7 Å². The van der Waals surface area contributed by atoms with Gasteiger partial charge in [0.1, 0.15) is 0 Å². The van der Waals surface area contributed by atoms with Crippen LogP contribution in [0.2, 0.25) is 0 Å². The third-order valence-corrected chi connectivity index (χ3v) is 12.7. The van der Waals surface area contributed by atoms with Crippen molar-refractivity contribution in [3.8, 4) is 0 Å². The topological polar surface area (TPSA) is 109 Å². The number of ketones is 1. The molecule has 2 aromatic heterocycles. The molecule has 2 N–H and O–H groups in total. The molecule has 5 rings (SSSR count). The van der Waals surface area contributed by atoms with E-state index in [0.29, 0.717) is 26.1 Å². The van der Waals surface area contributed by atoms with Gasteiger partial charge < -0.3 is 14.8 Å². The lowest BCUT2D eigenvalue weighted by Gasteiger charge is -2.36. The number of hydroxylamine groups is 1. The molecular formula is C27H35N3O5S3. The summed E-state index contributed by atoms with van der Waals surface area (Å²) < 4.78 is 32.4. The highest BCUT2D eigenvalue weighted by atomic mass is 32.2. The Morgan fingerprint density at radius 3 is 2.66 bits per heavy atom. The van der Waals surface area contributed by atoms with Crippen molar-refractivity contribution in [1.82, 2.24) is 10.5 Å². The number of fused-ring (bicyclic) bond motifs is 1. The zero-order valence-electron chi connectivity index (χ0n) is 21.6. The monoisotopic (exact) mass is 577 g/mol. The first-order valence-corrected chi connectivity index (χ1v) is 16.5. The molecule has 0 radical (unpaired) electrons. The van der Waals surface area contributed by atoms with Crippen LogP contribution in [0.25, 0.3) is 10.2 Å². The molecule has 0 spiro atoms. The van der Waals surface area contributed by atoms with Crippen LogP contribution in [0.3, 0.4) is 0 Å². The van der Waals surface area contributed by atoms with Crippen molar-refractivity contribution in [2.24, 2.45) is 5.92 Å². The van der Waals surface area contributed by atoms with Gasteiger partial charge in [0.25, 0.3) is 0 Å². The third kappa shape index (κ3) is 5.41. The zero-order valence-corrected chi connectivity index (χ0v) is 24.1. The third-order valence-electron chi connectivity index (χ3n) is 7.85. The fourth-order valence-corrected chi connectivity index (χ4v) is 9.58. The lowest BCUT2D eigenvalue weighted by atomic mass is 9.92. The molecule has 3 aromatic rings. The number of hydrogen-bond donors (Lipinski definition) is 2. The molecule has 38 heavy (non-hydrogen) atoms. The quantitative estimate of drug-likeness (QED) is 0.253. The van der Waals surface area contributed by atoms with E-state index in [-0.39, 0.29) is 23.1 Å². The summed E-state index contributed by atoms with van der Waals surface area (Å²) >= 11 is 3.13. The summed E-state index contributed by atoms with van der Waals surface area (Å²) in [4.78, 5) is 22.5. The Kier molecular flexibility index (Phi) is 8.51. The van der Waals surface area contributed by atoms with Crippen LogP contribution >= 0.6 is 22.7 Å². The summed E-state index contributed by atoms with van der Waals surface area (Å²) in [6.07, 6.45) is 5.58.